The van der Waals surface area contributed by atoms with Crippen LogP contribution in [0, 0.1) is 5.92 Å². The molecule has 0 saturated carbocycles. The first-order valence-electron chi connectivity index (χ1n) is 4.74. The minimum Gasteiger partial charge on any atom is -0.481 e. The quantitative estimate of drug-likeness (QED) is 0.826. The molecule has 1 aliphatic heterocycles. The lowest BCUT2D eigenvalue weighted by Crippen LogP contribution is -2.53. The van der Waals surface area contributed by atoms with Gasteiger partial charge in [0, 0.05) is 20.1 Å². The summed E-state index contributed by atoms with van der Waals surface area (Å²) in [5.41, 5.74) is 0. The lowest BCUT2D eigenvalue weighted by atomic mass is 10.0. The van der Waals surface area contributed by atoms with E-state index >= 15 is 0 Å². The first kappa shape index (κ1) is 12.3. The number of hydrogen-bond donors (Lipinski definition) is 1. The molecular formula is C8H10ClN3O4S. The fraction of sp³-hybridized carbons (Fsp3) is 0.500. The highest BCUT2D eigenvalue weighted by atomic mass is 35.5. The van der Waals surface area contributed by atoms with Gasteiger partial charge in [0.2, 0.25) is 0 Å². The Morgan fingerprint density at radius 3 is 2.59 bits per heavy atom. The van der Waals surface area contributed by atoms with Crippen LogP contribution in [0.1, 0.15) is 0 Å². The van der Waals surface area contributed by atoms with Crippen molar-refractivity contribution in [3.8, 4) is 0 Å². The number of aliphatic carboxylic acids is 1. The van der Waals surface area contributed by atoms with Gasteiger partial charge < -0.3 is 5.11 Å². The van der Waals surface area contributed by atoms with Crippen LogP contribution in [0.25, 0.3) is 0 Å². The Balaban J connectivity index is 2.25. The molecule has 2 rings (SSSR count). The predicted octanol–water partition coefficient (Wildman–Crippen LogP) is -0.221. The van der Waals surface area contributed by atoms with Gasteiger partial charge in [-0.3, -0.25) is 9.48 Å². The van der Waals surface area contributed by atoms with Crippen LogP contribution in [0.4, 0.5) is 0 Å². The highest BCUT2D eigenvalue weighted by molar-refractivity contribution is 7.89. The largest absolute Gasteiger partial charge is 0.481 e. The first-order chi connectivity index (χ1) is 7.84. The maximum Gasteiger partial charge on any atom is 0.309 e. The Bertz CT molecular complexity index is 542. The Morgan fingerprint density at radius 1 is 1.59 bits per heavy atom. The zero-order valence-corrected chi connectivity index (χ0v) is 10.4. The van der Waals surface area contributed by atoms with Crippen LogP contribution < -0.4 is 0 Å². The van der Waals surface area contributed by atoms with Gasteiger partial charge in [0.1, 0.15) is 0 Å². The summed E-state index contributed by atoms with van der Waals surface area (Å²) in [6.45, 7) is -0.0572. The molecule has 1 fully saturated rings. The van der Waals surface area contributed by atoms with Crippen LogP contribution in [0.15, 0.2) is 11.2 Å². The maximum atomic E-state index is 12.1. The van der Waals surface area contributed by atoms with Gasteiger partial charge in [0.25, 0.3) is 10.0 Å². The molecule has 0 amide bonds. The fourth-order valence-electron chi connectivity index (χ4n) is 1.60. The molecule has 0 unspecified atom stereocenters. The number of halogens is 1. The highest BCUT2D eigenvalue weighted by Gasteiger charge is 2.42. The van der Waals surface area contributed by atoms with Crippen molar-refractivity contribution < 1.29 is 18.3 Å². The molecule has 9 heteroatoms. The molecule has 1 saturated heterocycles. The Morgan fingerprint density at radius 2 is 2.18 bits per heavy atom. The highest BCUT2D eigenvalue weighted by Crippen LogP contribution is 2.28. The van der Waals surface area contributed by atoms with Crippen molar-refractivity contribution in [2.45, 2.75) is 5.03 Å². The summed E-state index contributed by atoms with van der Waals surface area (Å²) in [5, 5.41) is 12.4. The van der Waals surface area contributed by atoms with E-state index in [9.17, 15) is 13.2 Å². The normalized spacial score (nSPS) is 18.0. The second kappa shape index (κ2) is 3.97. The molecule has 1 N–H and O–H groups in total. The molecule has 1 aromatic heterocycles. The smallest absolute Gasteiger partial charge is 0.309 e. The van der Waals surface area contributed by atoms with E-state index in [1.807, 2.05) is 0 Å². The number of hydrogen-bond acceptors (Lipinski definition) is 4. The third-order valence-electron chi connectivity index (χ3n) is 2.62. The molecule has 0 atom stereocenters. The summed E-state index contributed by atoms with van der Waals surface area (Å²) < 4.78 is 26.4. The molecule has 2 heterocycles. The molecule has 0 aromatic carbocycles. The van der Waals surface area contributed by atoms with E-state index in [4.69, 9.17) is 16.7 Å². The molecule has 0 spiro atoms. The zero-order valence-electron chi connectivity index (χ0n) is 8.87. The number of carbonyl (C=O) groups is 1. The van der Waals surface area contributed by atoms with Crippen LogP contribution >= 0.6 is 11.6 Å². The zero-order chi connectivity index (χ0) is 12.8. The molecule has 94 valence electrons. The summed E-state index contributed by atoms with van der Waals surface area (Å²) in [6.07, 6.45) is 1.24. The fourth-order valence-corrected chi connectivity index (χ4v) is 3.74. The van der Waals surface area contributed by atoms with Gasteiger partial charge in [-0.05, 0) is 0 Å². The minimum atomic E-state index is -3.75. The topological polar surface area (TPSA) is 92.5 Å². The lowest BCUT2D eigenvalue weighted by Gasteiger charge is -2.35. The van der Waals surface area contributed by atoms with Crippen LogP contribution in [0.3, 0.4) is 0 Å². The minimum absolute atomic E-state index is 0.0286. The summed E-state index contributed by atoms with van der Waals surface area (Å²) >= 11 is 5.75. The molecule has 0 aliphatic carbocycles. The van der Waals surface area contributed by atoms with E-state index in [2.05, 4.69) is 5.10 Å². The molecule has 17 heavy (non-hydrogen) atoms. The number of rotatable bonds is 3. The van der Waals surface area contributed by atoms with E-state index in [0.717, 1.165) is 8.99 Å². The van der Waals surface area contributed by atoms with Crippen LogP contribution in [-0.2, 0) is 21.9 Å². The number of aryl methyl sites for hydroxylation is 1. The Labute approximate surface area is 103 Å². The molecule has 1 aliphatic rings. The van der Waals surface area contributed by atoms with Gasteiger partial charge in [-0.1, -0.05) is 11.6 Å². The summed E-state index contributed by atoms with van der Waals surface area (Å²) in [5.74, 6) is -1.63. The third kappa shape index (κ3) is 1.92. The van der Waals surface area contributed by atoms with Gasteiger partial charge >= 0.3 is 5.97 Å². The van der Waals surface area contributed by atoms with Gasteiger partial charge in [0.05, 0.1) is 17.1 Å². The van der Waals surface area contributed by atoms with E-state index in [1.54, 1.807) is 0 Å². The predicted molar refractivity (Wildman–Crippen MR) is 58.1 cm³/mol. The van der Waals surface area contributed by atoms with Crippen LogP contribution in [0.2, 0.25) is 5.02 Å². The van der Waals surface area contributed by atoms with Crippen LogP contribution in [0.5, 0.6) is 0 Å². The van der Waals surface area contributed by atoms with Crippen molar-refractivity contribution >= 4 is 27.6 Å². The first-order valence-corrected chi connectivity index (χ1v) is 6.56. The summed E-state index contributed by atoms with van der Waals surface area (Å²) in [4.78, 5) is 10.6. The molecular weight excluding hydrogens is 270 g/mol. The van der Waals surface area contributed by atoms with E-state index in [0.29, 0.717) is 0 Å². The molecule has 0 bridgehead atoms. The van der Waals surface area contributed by atoms with Gasteiger partial charge in [0.15, 0.2) is 5.03 Å². The molecule has 0 radical (unpaired) electrons. The van der Waals surface area contributed by atoms with Gasteiger partial charge in [-0.25, -0.2) is 8.42 Å². The average Bonchev–Trinajstić information content (AvgIpc) is 2.41. The second-order valence-electron chi connectivity index (χ2n) is 3.78. The summed E-state index contributed by atoms with van der Waals surface area (Å²) in [6, 6.07) is 0. The molecule has 7 nitrogen and oxygen atoms in total. The Kier molecular flexibility index (Phi) is 2.88. The molecule has 1 aromatic rings. The summed E-state index contributed by atoms with van der Waals surface area (Å²) in [7, 11) is -2.28. The number of sulfonamides is 1. The number of aromatic nitrogens is 2. The van der Waals surface area contributed by atoms with Gasteiger partial charge in [-0.15, -0.1) is 0 Å². The van der Waals surface area contributed by atoms with Crippen molar-refractivity contribution in [1.29, 1.82) is 0 Å². The standard InChI is InChI=1S/C8H10ClN3O4S/c1-11-7(6(9)2-10-11)17(15,16)12-3-5(4-12)8(13)14/h2,5H,3-4H2,1H3,(H,13,14). The van der Waals surface area contributed by atoms with Gasteiger partial charge in [-0.2, -0.15) is 9.40 Å². The number of carboxylic acid groups (broad SMARTS) is 1. The van der Waals surface area contributed by atoms with Crippen molar-refractivity contribution in [3.05, 3.63) is 11.2 Å². The number of nitrogens with zero attached hydrogens (tertiary/aromatic N) is 3. The third-order valence-corrected chi connectivity index (χ3v) is 4.96. The monoisotopic (exact) mass is 279 g/mol. The second-order valence-corrected chi connectivity index (χ2v) is 6.04. The Hall–Kier alpha value is -1.12. The average molecular weight is 280 g/mol. The van der Waals surface area contributed by atoms with E-state index in [-0.39, 0.29) is 23.1 Å². The number of carboxylic acids is 1. The SMILES string of the molecule is Cn1ncc(Cl)c1S(=O)(=O)N1CC(C(=O)O)C1. The van der Waals surface area contributed by atoms with E-state index in [1.165, 1.54) is 13.2 Å². The lowest BCUT2D eigenvalue weighted by molar-refractivity contribution is -0.145. The van der Waals surface area contributed by atoms with Crippen molar-refractivity contribution in [2.75, 3.05) is 13.1 Å². The van der Waals surface area contributed by atoms with Crippen molar-refractivity contribution in [1.82, 2.24) is 14.1 Å². The van der Waals surface area contributed by atoms with Crippen molar-refractivity contribution in [2.24, 2.45) is 13.0 Å². The van der Waals surface area contributed by atoms with E-state index < -0.39 is 21.9 Å². The maximum absolute atomic E-state index is 12.1. The van der Waals surface area contributed by atoms with Crippen molar-refractivity contribution in [3.63, 3.8) is 0 Å². The van der Waals surface area contributed by atoms with Crippen LogP contribution in [-0.4, -0.2) is 46.7 Å².